The smallest absolute Gasteiger partial charge is 0.130 e. The zero-order chi connectivity index (χ0) is 17.5. The Balaban J connectivity index is 6.01. The van der Waals surface area contributed by atoms with E-state index in [0.717, 1.165) is 34.0 Å². The van der Waals surface area contributed by atoms with Crippen molar-refractivity contribution in [3.63, 3.8) is 0 Å². The molecule has 22 heavy (non-hydrogen) atoms. The Morgan fingerprint density at radius 1 is 1.14 bits per heavy atom. The van der Waals surface area contributed by atoms with Gasteiger partial charge in [0.2, 0.25) is 0 Å². The number of allylic oxidation sites excluding steroid dienone is 8. The summed E-state index contributed by atoms with van der Waals surface area (Å²) in [4.78, 5) is 13.3. The standard InChI is InChI=1S/C19H28NOP/c1-9-16(11-14(3)22)17(10-2)12-18(20(7)8)15(4)19(5,6)13-21/h9-13H,1,3-4,22H2,2,5-8H3/b16-11+,17-10+,18-12+. The van der Waals surface area contributed by atoms with Crippen LogP contribution in [0.25, 0.3) is 0 Å². The topological polar surface area (TPSA) is 20.3 Å². The number of carbonyl (C=O) groups excluding carboxylic acids is 1. The van der Waals surface area contributed by atoms with Crippen molar-refractivity contribution in [3.8, 4) is 0 Å². The minimum absolute atomic E-state index is 0.614. The molecule has 0 aliphatic heterocycles. The van der Waals surface area contributed by atoms with Crippen LogP contribution in [0.4, 0.5) is 0 Å². The van der Waals surface area contributed by atoms with Gasteiger partial charge in [-0.3, -0.25) is 0 Å². The molecule has 2 nitrogen and oxygen atoms in total. The van der Waals surface area contributed by atoms with Crippen molar-refractivity contribution in [2.45, 2.75) is 20.8 Å². The molecule has 0 saturated carbocycles. The second-order valence-corrected chi connectivity index (χ2v) is 6.61. The Morgan fingerprint density at radius 2 is 1.68 bits per heavy atom. The lowest BCUT2D eigenvalue weighted by Crippen LogP contribution is -2.24. The van der Waals surface area contributed by atoms with E-state index in [1.807, 2.05) is 58.0 Å². The molecule has 0 N–H and O–H groups in total. The first-order chi connectivity index (χ1) is 10.1. The van der Waals surface area contributed by atoms with Crippen molar-refractivity contribution in [1.29, 1.82) is 0 Å². The van der Waals surface area contributed by atoms with Gasteiger partial charge in [-0.05, 0) is 55.0 Å². The molecular weight excluding hydrogens is 289 g/mol. The molecule has 1 unspecified atom stereocenters. The van der Waals surface area contributed by atoms with E-state index in [1.54, 1.807) is 6.08 Å². The van der Waals surface area contributed by atoms with E-state index in [0.29, 0.717) is 0 Å². The summed E-state index contributed by atoms with van der Waals surface area (Å²) >= 11 is 0. The van der Waals surface area contributed by atoms with Crippen LogP contribution in [0.1, 0.15) is 20.8 Å². The quantitative estimate of drug-likeness (QED) is 0.369. The molecule has 0 radical (unpaired) electrons. The molecule has 0 amide bonds. The van der Waals surface area contributed by atoms with Crippen LogP contribution in [0, 0.1) is 5.41 Å². The lowest BCUT2D eigenvalue weighted by atomic mass is 9.83. The Hall–Kier alpha value is -1.66. The molecule has 0 fully saturated rings. The maximum absolute atomic E-state index is 11.3. The first kappa shape index (κ1) is 20.3. The fourth-order valence-electron chi connectivity index (χ4n) is 1.83. The molecule has 0 heterocycles. The van der Waals surface area contributed by atoms with Gasteiger partial charge >= 0.3 is 0 Å². The maximum Gasteiger partial charge on any atom is 0.130 e. The first-order valence-electron chi connectivity index (χ1n) is 7.11. The molecule has 0 rings (SSSR count). The molecule has 0 bridgehead atoms. The van der Waals surface area contributed by atoms with Gasteiger partial charge in [0.1, 0.15) is 6.29 Å². The van der Waals surface area contributed by atoms with Crippen molar-refractivity contribution in [2.24, 2.45) is 5.41 Å². The summed E-state index contributed by atoms with van der Waals surface area (Å²) in [5.41, 5.74) is 3.05. The fraction of sp³-hybridized carbons (Fsp3) is 0.316. The van der Waals surface area contributed by atoms with Crippen LogP contribution in [-0.4, -0.2) is 25.3 Å². The van der Waals surface area contributed by atoms with Crippen molar-refractivity contribution in [1.82, 2.24) is 4.90 Å². The zero-order valence-corrected chi connectivity index (χ0v) is 15.6. The van der Waals surface area contributed by atoms with Crippen LogP contribution in [-0.2, 0) is 4.79 Å². The summed E-state index contributed by atoms with van der Waals surface area (Å²) in [5, 5.41) is 0.876. The van der Waals surface area contributed by atoms with Crippen molar-refractivity contribution < 1.29 is 4.79 Å². The molecular formula is C19H28NOP. The molecule has 3 heteroatoms. The summed E-state index contributed by atoms with van der Waals surface area (Å²) < 4.78 is 0. The summed E-state index contributed by atoms with van der Waals surface area (Å²) in [6.07, 6.45) is 8.70. The van der Waals surface area contributed by atoms with E-state index >= 15 is 0 Å². The molecule has 0 spiro atoms. The highest BCUT2D eigenvalue weighted by Gasteiger charge is 2.25. The zero-order valence-electron chi connectivity index (χ0n) is 14.4. The van der Waals surface area contributed by atoms with Gasteiger partial charge in [-0.15, -0.1) is 9.24 Å². The van der Waals surface area contributed by atoms with Crippen LogP contribution in [0.3, 0.4) is 0 Å². The number of hydrogen-bond donors (Lipinski definition) is 0. The van der Waals surface area contributed by atoms with Gasteiger partial charge in [0.05, 0.1) is 0 Å². The number of nitrogens with zero attached hydrogens (tertiary/aromatic N) is 1. The second kappa shape index (κ2) is 8.70. The fourth-order valence-corrected chi connectivity index (χ4v) is 2.01. The maximum atomic E-state index is 11.3. The van der Waals surface area contributed by atoms with E-state index < -0.39 is 5.41 Å². The minimum atomic E-state index is -0.614. The van der Waals surface area contributed by atoms with Crippen LogP contribution < -0.4 is 0 Å². The van der Waals surface area contributed by atoms with Gasteiger partial charge in [0.15, 0.2) is 0 Å². The Labute approximate surface area is 137 Å². The Bertz CT molecular complexity index is 560. The molecule has 120 valence electrons. The van der Waals surface area contributed by atoms with Gasteiger partial charge in [-0.1, -0.05) is 31.9 Å². The molecule has 0 saturated heterocycles. The summed E-state index contributed by atoms with van der Waals surface area (Å²) in [6, 6.07) is 0. The highest BCUT2D eigenvalue weighted by Crippen LogP contribution is 2.31. The van der Waals surface area contributed by atoms with Gasteiger partial charge in [-0.2, -0.15) is 0 Å². The summed E-state index contributed by atoms with van der Waals surface area (Å²) in [6.45, 7) is 17.6. The first-order valence-corrected chi connectivity index (χ1v) is 7.68. The average Bonchev–Trinajstić information content (AvgIpc) is 2.45. The highest BCUT2D eigenvalue weighted by atomic mass is 31.0. The normalized spacial score (nSPS) is 13.6. The number of likely N-dealkylation sites (N-methyl/N-ethyl adjacent to an activating group) is 1. The third kappa shape index (κ3) is 5.61. The molecule has 0 aromatic carbocycles. The third-order valence-corrected chi connectivity index (χ3v) is 3.53. The highest BCUT2D eigenvalue weighted by molar-refractivity contribution is 7.22. The van der Waals surface area contributed by atoms with E-state index in [4.69, 9.17) is 0 Å². The molecule has 0 aromatic rings. The number of aldehydes is 1. The van der Waals surface area contributed by atoms with Crippen LogP contribution in [0.15, 0.2) is 71.8 Å². The number of hydrogen-bond acceptors (Lipinski definition) is 2. The van der Waals surface area contributed by atoms with Crippen molar-refractivity contribution in [3.05, 3.63) is 71.8 Å². The van der Waals surface area contributed by atoms with Crippen LogP contribution in [0.2, 0.25) is 0 Å². The van der Waals surface area contributed by atoms with Crippen LogP contribution >= 0.6 is 9.24 Å². The Morgan fingerprint density at radius 3 is 2.00 bits per heavy atom. The Kier molecular flexibility index (Phi) is 8.05. The average molecular weight is 317 g/mol. The summed E-state index contributed by atoms with van der Waals surface area (Å²) in [5.74, 6) is 0. The van der Waals surface area contributed by atoms with Crippen molar-refractivity contribution >= 4 is 15.5 Å². The van der Waals surface area contributed by atoms with E-state index in [1.165, 1.54) is 0 Å². The van der Waals surface area contributed by atoms with Crippen LogP contribution in [0.5, 0.6) is 0 Å². The van der Waals surface area contributed by atoms with Gasteiger partial charge in [0.25, 0.3) is 0 Å². The second-order valence-electron chi connectivity index (χ2n) is 5.86. The lowest BCUT2D eigenvalue weighted by molar-refractivity contribution is -0.113. The molecule has 0 aromatic heterocycles. The van der Waals surface area contributed by atoms with Gasteiger partial charge in [0, 0.05) is 25.2 Å². The number of carbonyl (C=O) groups is 1. The largest absolute Gasteiger partial charge is 0.377 e. The minimum Gasteiger partial charge on any atom is -0.377 e. The van der Waals surface area contributed by atoms with Crippen molar-refractivity contribution in [2.75, 3.05) is 14.1 Å². The predicted molar refractivity (Wildman–Crippen MR) is 102 cm³/mol. The lowest BCUT2D eigenvalue weighted by Gasteiger charge is -2.28. The number of rotatable bonds is 8. The van der Waals surface area contributed by atoms with Gasteiger partial charge in [-0.25, -0.2) is 0 Å². The van der Waals surface area contributed by atoms with E-state index in [2.05, 4.69) is 29.0 Å². The summed E-state index contributed by atoms with van der Waals surface area (Å²) in [7, 11) is 6.45. The van der Waals surface area contributed by atoms with E-state index in [-0.39, 0.29) is 0 Å². The molecule has 0 aliphatic carbocycles. The molecule has 1 atom stereocenters. The predicted octanol–water partition coefficient (Wildman–Crippen LogP) is 4.66. The van der Waals surface area contributed by atoms with E-state index in [9.17, 15) is 4.79 Å². The molecule has 0 aliphatic rings. The van der Waals surface area contributed by atoms with Gasteiger partial charge < -0.3 is 9.69 Å². The monoisotopic (exact) mass is 317 g/mol. The third-order valence-electron chi connectivity index (χ3n) is 3.36. The SMILES string of the molecule is C=CC(=C\C(=C)P)/C(=C/C)/C=C(\C(=C)C(C)(C)C=O)N(C)C.